The van der Waals surface area contributed by atoms with Gasteiger partial charge in [-0.05, 0) is 23.6 Å². The van der Waals surface area contributed by atoms with E-state index in [1.807, 2.05) is 17.5 Å². The van der Waals surface area contributed by atoms with Crippen molar-refractivity contribution in [3.63, 3.8) is 0 Å². The number of rotatable bonds is 6. The maximum absolute atomic E-state index is 12.1. The van der Waals surface area contributed by atoms with E-state index in [2.05, 4.69) is 20.6 Å². The fourth-order valence-electron chi connectivity index (χ4n) is 1.93. The van der Waals surface area contributed by atoms with E-state index in [0.29, 0.717) is 24.3 Å². The summed E-state index contributed by atoms with van der Waals surface area (Å²) in [6.07, 6.45) is 3.10. The first-order valence-electron chi connectivity index (χ1n) is 7.20. The van der Waals surface area contributed by atoms with Crippen LogP contribution in [0.25, 0.3) is 9.88 Å². The van der Waals surface area contributed by atoms with Crippen LogP contribution in [-0.4, -0.2) is 34.9 Å². The van der Waals surface area contributed by atoms with Gasteiger partial charge in [0.2, 0.25) is 0 Å². The predicted molar refractivity (Wildman–Crippen MR) is 94.3 cm³/mol. The SMILES string of the molecule is O=C(NCCNC(=O)c1csc(-c2cccs2)n1)c1cccnc1. The van der Waals surface area contributed by atoms with Gasteiger partial charge in [-0.25, -0.2) is 4.98 Å². The predicted octanol–water partition coefficient (Wildman–Crippen LogP) is 2.43. The highest BCUT2D eigenvalue weighted by Gasteiger charge is 2.12. The summed E-state index contributed by atoms with van der Waals surface area (Å²) < 4.78 is 0. The van der Waals surface area contributed by atoms with Gasteiger partial charge in [-0.1, -0.05) is 6.07 Å². The Balaban J connectivity index is 1.45. The molecule has 8 heteroatoms. The summed E-state index contributed by atoms with van der Waals surface area (Å²) in [5.74, 6) is -0.462. The molecule has 122 valence electrons. The van der Waals surface area contributed by atoms with Gasteiger partial charge in [0, 0.05) is 30.9 Å². The molecule has 0 radical (unpaired) electrons. The number of pyridine rings is 1. The summed E-state index contributed by atoms with van der Waals surface area (Å²) in [5, 5.41) is 10.0. The van der Waals surface area contributed by atoms with Crippen LogP contribution in [-0.2, 0) is 0 Å². The minimum atomic E-state index is -0.246. The van der Waals surface area contributed by atoms with Crippen molar-refractivity contribution in [1.82, 2.24) is 20.6 Å². The van der Waals surface area contributed by atoms with Crippen LogP contribution >= 0.6 is 22.7 Å². The molecule has 3 aromatic heterocycles. The number of aromatic nitrogens is 2. The number of carbonyl (C=O) groups excluding carboxylic acids is 2. The molecule has 0 aliphatic rings. The molecule has 2 N–H and O–H groups in total. The van der Waals surface area contributed by atoms with Crippen LogP contribution in [0.3, 0.4) is 0 Å². The molecule has 3 heterocycles. The average molecular weight is 358 g/mol. The van der Waals surface area contributed by atoms with Gasteiger partial charge in [0.25, 0.3) is 11.8 Å². The number of nitrogens with one attached hydrogen (secondary N) is 2. The van der Waals surface area contributed by atoms with Crippen LogP contribution in [0, 0.1) is 0 Å². The highest BCUT2D eigenvalue weighted by molar-refractivity contribution is 7.20. The molecule has 3 rings (SSSR count). The molecule has 0 atom stereocenters. The summed E-state index contributed by atoms with van der Waals surface area (Å²) >= 11 is 3.03. The van der Waals surface area contributed by atoms with Crippen LogP contribution in [0.4, 0.5) is 0 Å². The topological polar surface area (TPSA) is 84.0 Å². The minimum Gasteiger partial charge on any atom is -0.350 e. The third-order valence-corrected chi connectivity index (χ3v) is 4.97. The second-order valence-corrected chi connectivity index (χ2v) is 6.57. The zero-order chi connectivity index (χ0) is 16.8. The lowest BCUT2D eigenvalue weighted by Gasteiger charge is -2.05. The molecule has 0 bridgehead atoms. The van der Waals surface area contributed by atoms with Crippen molar-refractivity contribution in [2.45, 2.75) is 0 Å². The van der Waals surface area contributed by atoms with Gasteiger partial charge in [-0.3, -0.25) is 14.6 Å². The zero-order valence-corrected chi connectivity index (χ0v) is 14.2. The third kappa shape index (κ3) is 4.03. The van der Waals surface area contributed by atoms with E-state index in [9.17, 15) is 9.59 Å². The quantitative estimate of drug-likeness (QED) is 0.663. The molecule has 3 aromatic rings. The van der Waals surface area contributed by atoms with E-state index in [0.717, 1.165) is 9.88 Å². The lowest BCUT2D eigenvalue weighted by molar-refractivity contribution is 0.0925. The van der Waals surface area contributed by atoms with Crippen molar-refractivity contribution in [2.24, 2.45) is 0 Å². The van der Waals surface area contributed by atoms with Crippen LogP contribution in [0.1, 0.15) is 20.8 Å². The zero-order valence-electron chi connectivity index (χ0n) is 12.6. The molecule has 0 aliphatic heterocycles. The smallest absolute Gasteiger partial charge is 0.270 e. The minimum absolute atomic E-state index is 0.217. The first kappa shape index (κ1) is 16.3. The Morgan fingerprint density at radius 1 is 1.04 bits per heavy atom. The Morgan fingerprint density at radius 2 is 1.88 bits per heavy atom. The number of hydrogen-bond acceptors (Lipinski definition) is 6. The number of carbonyl (C=O) groups is 2. The molecule has 0 saturated carbocycles. The van der Waals surface area contributed by atoms with E-state index in [-0.39, 0.29) is 11.8 Å². The summed E-state index contributed by atoms with van der Waals surface area (Å²) in [4.78, 5) is 33.1. The Bertz CT molecular complexity index is 816. The Labute approximate surface area is 146 Å². The molecule has 6 nitrogen and oxygen atoms in total. The monoisotopic (exact) mass is 358 g/mol. The molecular formula is C16H14N4O2S2. The van der Waals surface area contributed by atoms with Crippen molar-refractivity contribution in [1.29, 1.82) is 0 Å². The van der Waals surface area contributed by atoms with E-state index in [1.165, 1.54) is 17.5 Å². The van der Waals surface area contributed by atoms with Crippen LogP contribution in [0.2, 0.25) is 0 Å². The van der Waals surface area contributed by atoms with Gasteiger partial charge in [-0.2, -0.15) is 0 Å². The maximum Gasteiger partial charge on any atom is 0.270 e. The summed E-state index contributed by atoms with van der Waals surface area (Å²) in [7, 11) is 0. The van der Waals surface area contributed by atoms with Gasteiger partial charge < -0.3 is 10.6 Å². The molecule has 0 unspecified atom stereocenters. The standard InChI is InChI=1S/C16H14N4O2S2/c21-14(11-3-1-5-17-9-11)18-6-7-19-15(22)12-10-24-16(20-12)13-4-2-8-23-13/h1-5,8-10H,6-7H2,(H,18,21)(H,19,22). The van der Waals surface area contributed by atoms with E-state index < -0.39 is 0 Å². The number of hydrogen-bond donors (Lipinski definition) is 2. The van der Waals surface area contributed by atoms with Crippen molar-refractivity contribution < 1.29 is 9.59 Å². The van der Waals surface area contributed by atoms with Gasteiger partial charge in [0.15, 0.2) is 0 Å². The van der Waals surface area contributed by atoms with Gasteiger partial charge in [0.1, 0.15) is 10.7 Å². The van der Waals surface area contributed by atoms with Crippen molar-refractivity contribution >= 4 is 34.5 Å². The second kappa shape index (κ2) is 7.80. The first-order valence-corrected chi connectivity index (χ1v) is 8.96. The number of thiophene rings is 1. The molecule has 0 saturated heterocycles. The molecule has 0 spiro atoms. The van der Waals surface area contributed by atoms with Crippen LogP contribution in [0.15, 0.2) is 47.4 Å². The second-order valence-electron chi connectivity index (χ2n) is 4.77. The summed E-state index contributed by atoms with van der Waals surface area (Å²) in [5.41, 5.74) is 0.880. The lowest BCUT2D eigenvalue weighted by atomic mass is 10.3. The Morgan fingerprint density at radius 3 is 2.58 bits per heavy atom. The van der Waals surface area contributed by atoms with Crippen molar-refractivity contribution in [3.05, 3.63) is 58.7 Å². The number of thiazole rings is 1. The fraction of sp³-hybridized carbons (Fsp3) is 0.125. The van der Waals surface area contributed by atoms with Gasteiger partial charge >= 0.3 is 0 Å². The molecular weight excluding hydrogens is 344 g/mol. The number of nitrogens with zero attached hydrogens (tertiary/aromatic N) is 2. The van der Waals surface area contributed by atoms with Crippen molar-refractivity contribution in [3.8, 4) is 9.88 Å². The summed E-state index contributed by atoms with van der Waals surface area (Å²) in [6, 6.07) is 7.30. The fourth-order valence-corrected chi connectivity index (χ4v) is 3.55. The highest BCUT2D eigenvalue weighted by atomic mass is 32.1. The highest BCUT2D eigenvalue weighted by Crippen LogP contribution is 2.27. The Hall–Kier alpha value is -2.58. The van der Waals surface area contributed by atoms with E-state index in [4.69, 9.17) is 0 Å². The first-order chi connectivity index (χ1) is 11.7. The molecule has 0 fully saturated rings. The molecule has 2 amide bonds. The van der Waals surface area contributed by atoms with E-state index >= 15 is 0 Å². The largest absolute Gasteiger partial charge is 0.350 e. The average Bonchev–Trinajstić information content (AvgIpc) is 3.30. The maximum atomic E-state index is 12.1. The normalized spacial score (nSPS) is 10.3. The van der Waals surface area contributed by atoms with Gasteiger partial charge in [0.05, 0.1) is 10.4 Å². The molecule has 24 heavy (non-hydrogen) atoms. The summed E-state index contributed by atoms with van der Waals surface area (Å²) in [6.45, 7) is 0.665. The molecule has 0 aliphatic carbocycles. The van der Waals surface area contributed by atoms with Crippen molar-refractivity contribution in [2.75, 3.05) is 13.1 Å². The van der Waals surface area contributed by atoms with E-state index in [1.54, 1.807) is 35.0 Å². The lowest BCUT2D eigenvalue weighted by Crippen LogP contribution is -2.34. The molecule has 0 aromatic carbocycles. The number of amides is 2. The third-order valence-electron chi connectivity index (χ3n) is 3.09. The Kier molecular flexibility index (Phi) is 5.29. The van der Waals surface area contributed by atoms with Gasteiger partial charge in [-0.15, -0.1) is 22.7 Å². The van der Waals surface area contributed by atoms with Crippen LogP contribution in [0.5, 0.6) is 0 Å². The van der Waals surface area contributed by atoms with Crippen LogP contribution < -0.4 is 10.6 Å².